The molecule has 2 aromatic rings. The Morgan fingerprint density at radius 2 is 1.79 bits per heavy atom. The maximum Gasteiger partial charge on any atom is 0.0152 e. The zero-order valence-electron chi connectivity index (χ0n) is 12.8. The Morgan fingerprint density at radius 3 is 2.32 bits per heavy atom. The quantitative estimate of drug-likeness (QED) is 0.770. The van der Waals surface area contributed by atoms with Crippen LogP contribution in [0.25, 0.3) is 0 Å². The first-order valence-electron chi connectivity index (χ1n) is 7.31. The topological polar surface area (TPSA) is 31.6 Å². The summed E-state index contributed by atoms with van der Waals surface area (Å²) >= 11 is 0. The fraction of sp³-hybridized carbons (Fsp3) is 0.529. The van der Waals surface area contributed by atoms with Gasteiger partial charge in [0.2, 0.25) is 0 Å². The number of hydrogen-bond donors (Lipinski definition) is 2. The van der Waals surface area contributed by atoms with Crippen molar-refractivity contribution in [1.29, 1.82) is 0 Å². The summed E-state index contributed by atoms with van der Waals surface area (Å²) in [5.74, 6) is 1.21. The lowest BCUT2D eigenvalue weighted by Gasteiger charge is -2.10. The van der Waals surface area contributed by atoms with E-state index >= 15 is 0 Å². The number of aromatic amines is 2. The minimum absolute atomic E-state index is 0.606. The van der Waals surface area contributed by atoms with Crippen LogP contribution in [0.2, 0.25) is 0 Å². The molecule has 0 saturated carbocycles. The fourth-order valence-corrected chi connectivity index (χ4v) is 2.91. The first-order chi connectivity index (χ1) is 8.99. The fourth-order valence-electron chi connectivity index (χ4n) is 2.91. The van der Waals surface area contributed by atoms with Gasteiger partial charge in [0.1, 0.15) is 0 Å². The highest BCUT2D eigenvalue weighted by molar-refractivity contribution is 5.28. The highest BCUT2D eigenvalue weighted by atomic mass is 14.7. The average molecular weight is 258 g/mol. The third kappa shape index (κ3) is 3.12. The second kappa shape index (κ2) is 5.68. The van der Waals surface area contributed by atoms with Gasteiger partial charge in [-0.2, -0.15) is 0 Å². The summed E-state index contributed by atoms with van der Waals surface area (Å²) in [5.41, 5.74) is 6.92. The van der Waals surface area contributed by atoms with Gasteiger partial charge in [-0.15, -0.1) is 0 Å². The van der Waals surface area contributed by atoms with Crippen molar-refractivity contribution in [2.45, 2.75) is 59.3 Å². The van der Waals surface area contributed by atoms with E-state index in [1.807, 2.05) is 6.20 Å². The monoisotopic (exact) mass is 258 g/mol. The molecule has 0 radical (unpaired) electrons. The van der Waals surface area contributed by atoms with Crippen molar-refractivity contribution in [2.24, 2.45) is 0 Å². The number of nitrogens with one attached hydrogen (secondary N) is 2. The molecule has 2 heterocycles. The number of aryl methyl sites for hydroxylation is 3. The molecule has 1 atom stereocenters. The van der Waals surface area contributed by atoms with Crippen LogP contribution in [0, 0.1) is 13.8 Å². The largest absolute Gasteiger partial charge is 0.365 e. The van der Waals surface area contributed by atoms with E-state index in [4.69, 9.17) is 0 Å². The van der Waals surface area contributed by atoms with Gasteiger partial charge in [0.25, 0.3) is 0 Å². The molecular formula is C17H26N2. The van der Waals surface area contributed by atoms with E-state index in [1.54, 1.807) is 0 Å². The van der Waals surface area contributed by atoms with E-state index in [0.717, 1.165) is 6.42 Å². The van der Waals surface area contributed by atoms with Gasteiger partial charge in [0.05, 0.1) is 0 Å². The molecule has 2 rings (SSSR count). The molecule has 1 unspecified atom stereocenters. The first kappa shape index (κ1) is 14.0. The number of aromatic nitrogens is 2. The molecule has 2 aromatic heterocycles. The van der Waals surface area contributed by atoms with Crippen LogP contribution in [0.5, 0.6) is 0 Å². The summed E-state index contributed by atoms with van der Waals surface area (Å²) in [6.45, 7) is 11.2. The Bertz CT molecular complexity index is 531. The lowest BCUT2D eigenvalue weighted by molar-refractivity contribution is 0.669. The zero-order valence-corrected chi connectivity index (χ0v) is 12.8. The van der Waals surface area contributed by atoms with Crippen LogP contribution in [-0.2, 0) is 6.42 Å². The van der Waals surface area contributed by atoms with Crippen LogP contribution < -0.4 is 0 Å². The van der Waals surface area contributed by atoms with Crippen molar-refractivity contribution in [3.8, 4) is 0 Å². The van der Waals surface area contributed by atoms with Crippen LogP contribution >= 0.6 is 0 Å². The van der Waals surface area contributed by atoms with Gasteiger partial charge < -0.3 is 9.97 Å². The molecule has 0 spiro atoms. The van der Waals surface area contributed by atoms with Gasteiger partial charge in [-0.1, -0.05) is 20.8 Å². The molecule has 0 saturated heterocycles. The van der Waals surface area contributed by atoms with Crippen molar-refractivity contribution in [1.82, 2.24) is 9.97 Å². The maximum absolute atomic E-state index is 3.53. The van der Waals surface area contributed by atoms with Crippen LogP contribution in [0.1, 0.15) is 67.2 Å². The Labute approximate surface area is 116 Å². The van der Waals surface area contributed by atoms with Gasteiger partial charge >= 0.3 is 0 Å². The average Bonchev–Trinajstić information content (AvgIpc) is 2.92. The van der Waals surface area contributed by atoms with Crippen LogP contribution in [0.3, 0.4) is 0 Å². The normalized spacial score (nSPS) is 13.2. The SMILES string of the molecule is Cc1[nH]c(CCC(C)c2cc[nH]c2C)cc1C(C)C. The van der Waals surface area contributed by atoms with Crippen molar-refractivity contribution < 1.29 is 0 Å². The summed E-state index contributed by atoms with van der Waals surface area (Å²) in [7, 11) is 0. The lowest BCUT2D eigenvalue weighted by atomic mass is 9.95. The Kier molecular flexibility index (Phi) is 4.18. The highest BCUT2D eigenvalue weighted by Crippen LogP contribution is 2.25. The van der Waals surface area contributed by atoms with Gasteiger partial charge in [0.15, 0.2) is 0 Å². The molecule has 104 valence electrons. The Balaban J connectivity index is 1.99. The minimum atomic E-state index is 0.606. The van der Waals surface area contributed by atoms with E-state index in [1.165, 1.54) is 34.6 Å². The van der Waals surface area contributed by atoms with Crippen LogP contribution in [-0.4, -0.2) is 9.97 Å². The van der Waals surface area contributed by atoms with E-state index < -0.39 is 0 Å². The minimum Gasteiger partial charge on any atom is -0.365 e. The third-order valence-electron chi connectivity index (χ3n) is 4.11. The second-order valence-electron chi connectivity index (χ2n) is 6.03. The smallest absolute Gasteiger partial charge is 0.0152 e. The summed E-state index contributed by atoms with van der Waals surface area (Å²) < 4.78 is 0. The van der Waals surface area contributed by atoms with E-state index in [9.17, 15) is 0 Å². The Hall–Kier alpha value is -1.44. The standard InChI is InChI=1S/C17H26N2/c1-11(2)17-10-15(19-14(17)5)7-6-12(3)16-8-9-18-13(16)4/h8-12,18-19H,6-7H2,1-5H3. The number of hydrogen-bond acceptors (Lipinski definition) is 0. The van der Waals surface area contributed by atoms with E-state index in [2.05, 4.69) is 56.7 Å². The van der Waals surface area contributed by atoms with Gasteiger partial charge in [0, 0.05) is 23.3 Å². The van der Waals surface area contributed by atoms with Gasteiger partial charge in [-0.25, -0.2) is 0 Å². The van der Waals surface area contributed by atoms with Crippen molar-refractivity contribution in [3.63, 3.8) is 0 Å². The predicted molar refractivity (Wildman–Crippen MR) is 81.9 cm³/mol. The second-order valence-corrected chi connectivity index (χ2v) is 6.03. The van der Waals surface area contributed by atoms with E-state index in [0.29, 0.717) is 11.8 Å². The summed E-state index contributed by atoms with van der Waals surface area (Å²) in [6.07, 6.45) is 4.35. The molecule has 0 aliphatic heterocycles. The molecule has 0 bridgehead atoms. The third-order valence-corrected chi connectivity index (χ3v) is 4.11. The molecule has 19 heavy (non-hydrogen) atoms. The Morgan fingerprint density at radius 1 is 1.05 bits per heavy atom. The molecule has 0 aliphatic rings. The lowest BCUT2D eigenvalue weighted by Crippen LogP contribution is -1.97. The molecule has 2 N–H and O–H groups in total. The summed E-state index contributed by atoms with van der Waals surface area (Å²) in [6, 6.07) is 4.55. The maximum atomic E-state index is 3.53. The van der Waals surface area contributed by atoms with Crippen LogP contribution in [0.15, 0.2) is 18.3 Å². The summed E-state index contributed by atoms with van der Waals surface area (Å²) in [4.78, 5) is 6.80. The number of H-pyrrole nitrogens is 2. The van der Waals surface area contributed by atoms with Crippen molar-refractivity contribution in [2.75, 3.05) is 0 Å². The van der Waals surface area contributed by atoms with Crippen LogP contribution in [0.4, 0.5) is 0 Å². The van der Waals surface area contributed by atoms with Gasteiger partial charge in [-0.3, -0.25) is 0 Å². The van der Waals surface area contributed by atoms with Crippen molar-refractivity contribution in [3.05, 3.63) is 46.5 Å². The molecule has 0 aliphatic carbocycles. The number of rotatable bonds is 5. The molecule has 0 aromatic carbocycles. The first-order valence-corrected chi connectivity index (χ1v) is 7.31. The molecule has 0 amide bonds. The van der Waals surface area contributed by atoms with E-state index in [-0.39, 0.29) is 0 Å². The molecular weight excluding hydrogens is 232 g/mol. The summed E-state index contributed by atoms with van der Waals surface area (Å²) in [5, 5.41) is 0. The molecule has 0 fully saturated rings. The zero-order chi connectivity index (χ0) is 14.0. The molecule has 2 nitrogen and oxygen atoms in total. The van der Waals surface area contributed by atoms with Crippen molar-refractivity contribution >= 4 is 0 Å². The molecule has 2 heteroatoms. The van der Waals surface area contributed by atoms with Gasteiger partial charge in [-0.05, 0) is 61.8 Å². The predicted octanol–water partition coefficient (Wildman–Crippen LogP) is 4.82. The highest BCUT2D eigenvalue weighted by Gasteiger charge is 2.12.